The molecule has 0 heterocycles. The van der Waals surface area contributed by atoms with E-state index >= 15 is 0 Å². The first-order valence-electron chi connectivity index (χ1n) is 10.8. The first-order chi connectivity index (χ1) is 14.6. The minimum absolute atomic E-state index is 0.0227. The zero-order valence-electron chi connectivity index (χ0n) is 18.3. The third-order valence-corrected chi connectivity index (χ3v) is 7.37. The van der Waals surface area contributed by atoms with Crippen LogP contribution in [0.2, 0.25) is 0 Å². The van der Waals surface area contributed by atoms with Gasteiger partial charge in [-0.15, -0.1) is 0 Å². The molecule has 0 aromatic heterocycles. The maximum absolute atomic E-state index is 13.1. The van der Waals surface area contributed by atoms with Crippen molar-refractivity contribution in [2.45, 2.75) is 71.5 Å². The summed E-state index contributed by atoms with van der Waals surface area (Å²) in [6.45, 7) is 6.15. The fourth-order valence-corrected chi connectivity index (χ4v) is 6.27. The molecule has 0 spiro atoms. The minimum atomic E-state index is -0.511. The molecular weight excluding hydrogens is 400 g/mol. The Morgan fingerprint density at radius 2 is 1.74 bits per heavy atom. The molecule has 0 N–H and O–H groups in total. The number of Topliss-reactive ketones (excluding diaryl/α,β-unsaturated/α-hetero) is 1. The fourth-order valence-electron chi connectivity index (χ4n) is 6.27. The van der Waals surface area contributed by atoms with Crippen LogP contribution in [0.15, 0.2) is 18.2 Å². The number of carbonyl (C=O) groups excluding carboxylic acids is 4. The third kappa shape index (κ3) is 3.75. The van der Waals surface area contributed by atoms with Gasteiger partial charge in [0.1, 0.15) is 18.0 Å². The van der Waals surface area contributed by atoms with E-state index in [-0.39, 0.29) is 29.0 Å². The van der Waals surface area contributed by atoms with Crippen molar-refractivity contribution in [2.75, 3.05) is 0 Å². The van der Waals surface area contributed by atoms with E-state index in [0.717, 1.165) is 18.4 Å². The number of ether oxygens (including phenoxy) is 3. The molecule has 3 aliphatic carbocycles. The molecule has 0 bridgehead atoms. The van der Waals surface area contributed by atoms with Crippen LogP contribution in [-0.2, 0) is 23.9 Å². The van der Waals surface area contributed by atoms with E-state index in [9.17, 15) is 19.2 Å². The molecule has 0 unspecified atom stereocenters. The summed E-state index contributed by atoms with van der Waals surface area (Å²) in [4.78, 5) is 47.9. The van der Waals surface area contributed by atoms with Gasteiger partial charge in [0.15, 0.2) is 5.78 Å². The van der Waals surface area contributed by atoms with Gasteiger partial charge in [-0.2, -0.15) is 0 Å². The van der Waals surface area contributed by atoms with E-state index in [1.54, 1.807) is 12.1 Å². The van der Waals surface area contributed by atoms with Crippen molar-refractivity contribution in [1.82, 2.24) is 0 Å². The summed E-state index contributed by atoms with van der Waals surface area (Å²) in [7, 11) is 0. The molecule has 1 aromatic rings. The van der Waals surface area contributed by atoms with Crippen molar-refractivity contribution in [3.8, 4) is 5.75 Å². The average molecular weight is 428 g/mol. The highest BCUT2D eigenvalue weighted by Gasteiger charge is 2.61. The Balaban J connectivity index is 1.67. The van der Waals surface area contributed by atoms with E-state index in [1.807, 2.05) is 6.07 Å². The van der Waals surface area contributed by atoms with Crippen LogP contribution < -0.4 is 4.74 Å². The molecule has 31 heavy (non-hydrogen) atoms. The van der Waals surface area contributed by atoms with Gasteiger partial charge in [0, 0.05) is 38.2 Å². The van der Waals surface area contributed by atoms with Crippen LogP contribution in [0.5, 0.6) is 5.75 Å². The Kier molecular flexibility index (Phi) is 5.40. The van der Waals surface area contributed by atoms with E-state index < -0.39 is 30.1 Å². The summed E-state index contributed by atoms with van der Waals surface area (Å²) < 4.78 is 16.4. The zero-order chi connectivity index (χ0) is 22.5. The third-order valence-electron chi connectivity index (χ3n) is 7.37. The summed E-state index contributed by atoms with van der Waals surface area (Å²) in [6, 6.07) is 5.30. The van der Waals surface area contributed by atoms with Crippen LogP contribution in [0.3, 0.4) is 0 Å². The molecule has 1 aromatic carbocycles. The monoisotopic (exact) mass is 428 g/mol. The molecule has 166 valence electrons. The summed E-state index contributed by atoms with van der Waals surface area (Å²) in [5.74, 6) is -0.459. The number of hydrogen-bond acceptors (Lipinski definition) is 7. The minimum Gasteiger partial charge on any atom is -0.459 e. The Morgan fingerprint density at radius 3 is 2.39 bits per heavy atom. The lowest BCUT2D eigenvalue weighted by atomic mass is 9.55. The van der Waals surface area contributed by atoms with Gasteiger partial charge in [-0.3, -0.25) is 19.2 Å². The van der Waals surface area contributed by atoms with Crippen molar-refractivity contribution in [3.05, 3.63) is 29.3 Å². The van der Waals surface area contributed by atoms with E-state index in [0.29, 0.717) is 24.2 Å². The summed E-state index contributed by atoms with van der Waals surface area (Å²) in [6.07, 6.45) is 1.58. The lowest BCUT2D eigenvalue weighted by molar-refractivity contribution is -0.171. The molecule has 0 aliphatic heterocycles. The van der Waals surface area contributed by atoms with Gasteiger partial charge in [-0.05, 0) is 54.7 Å². The lowest BCUT2D eigenvalue weighted by Gasteiger charge is -2.49. The van der Waals surface area contributed by atoms with E-state index in [4.69, 9.17) is 14.2 Å². The normalized spacial score (nSPS) is 33.5. The van der Waals surface area contributed by atoms with Crippen molar-refractivity contribution < 1.29 is 33.4 Å². The average Bonchev–Trinajstić information content (AvgIpc) is 2.93. The van der Waals surface area contributed by atoms with Gasteiger partial charge >= 0.3 is 17.9 Å². The SMILES string of the molecule is CC(=O)Oc1ccc2c(c1)C(=O)C[C@@H]1[C@@H]2CC[C@@]2(C)[C@H]1C[C@@H](OC(C)=O)[C@@H]2OC(C)=O. The summed E-state index contributed by atoms with van der Waals surface area (Å²) in [5, 5.41) is 0. The number of hydrogen-bond donors (Lipinski definition) is 0. The predicted octanol–water partition coefficient (Wildman–Crippen LogP) is 3.58. The van der Waals surface area contributed by atoms with Gasteiger partial charge in [-0.25, -0.2) is 0 Å². The van der Waals surface area contributed by atoms with Crippen LogP contribution in [-0.4, -0.2) is 35.9 Å². The van der Waals surface area contributed by atoms with Gasteiger partial charge in [0.2, 0.25) is 0 Å². The molecule has 7 nitrogen and oxygen atoms in total. The zero-order valence-corrected chi connectivity index (χ0v) is 18.3. The number of carbonyl (C=O) groups is 4. The van der Waals surface area contributed by atoms with Crippen LogP contribution in [0.25, 0.3) is 0 Å². The van der Waals surface area contributed by atoms with Crippen molar-refractivity contribution >= 4 is 23.7 Å². The number of esters is 3. The first kappa shape index (κ1) is 21.5. The Hall–Kier alpha value is -2.70. The maximum Gasteiger partial charge on any atom is 0.308 e. The first-order valence-corrected chi connectivity index (χ1v) is 10.8. The maximum atomic E-state index is 13.1. The molecule has 2 fully saturated rings. The van der Waals surface area contributed by atoms with Crippen LogP contribution in [0.4, 0.5) is 0 Å². The highest BCUT2D eigenvalue weighted by molar-refractivity contribution is 5.99. The second-order valence-electron chi connectivity index (χ2n) is 9.30. The molecular formula is C24H28O7. The van der Waals surface area contributed by atoms with Crippen molar-refractivity contribution in [1.29, 1.82) is 0 Å². The molecule has 2 saturated carbocycles. The number of rotatable bonds is 3. The highest BCUT2D eigenvalue weighted by Crippen LogP contribution is 2.62. The Labute approximate surface area is 181 Å². The molecule has 4 rings (SSSR count). The Morgan fingerprint density at radius 1 is 1.03 bits per heavy atom. The van der Waals surface area contributed by atoms with Crippen LogP contribution in [0, 0.1) is 17.3 Å². The molecule has 0 saturated heterocycles. The lowest BCUT2D eigenvalue weighted by Crippen LogP contribution is -2.47. The fraction of sp³-hybridized carbons (Fsp3) is 0.583. The number of benzene rings is 1. The molecule has 6 atom stereocenters. The standard InChI is InChI=1S/C24H28O7/c1-12(25)29-15-5-6-16-17-7-8-24(4)20(18(17)10-21(28)19(16)9-15)11-22(30-13(2)26)23(24)31-14(3)27/h5-6,9,17-18,20,22-23H,7-8,10-11H2,1-4H3/t17-,18-,20+,22-,23+,24+/m1/s1. The molecule has 0 amide bonds. The molecule has 7 heteroatoms. The second kappa shape index (κ2) is 7.77. The summed E-state index contributed by atoms with van der Waals surface area (Å²) in [5.41, 5.74) is 1.25. The van der Waals surface area contributed by atoms with Gasteiger partial charge in [0.25, 0.3) is 0 Å². The van der Waals surface area contributed by atoms with Gasteiger partial charge < -0.3 is 14.2 Å². The Bertz CT molecular complexity index is 951. The van der Waals surface area contributed by atoms with Crippen molar-refractivity contribution in [2.24, 2.45) is 17.3 Å². The van der Waals surface area contributed by atoms with Gasteiger partial charge in [0.05, 0.1) is 0 Å². The largest absolute Gasteiger partial charge is 0.459 e. The van der Waals surface area contributed by atoms with Crippen LogP contribution in [0.1, 0.15) is 75.2 Å². The second-order valence-corrected chi connectivity index (χ2v) is 9.30. The van der Waals surface area contributed by atoms with E-state index in [1.165, 1.54) is 20.8 Å². The highest BCUT2D eigenvalue weighted by atomic mass is 16.6. The molecule has 3 aliphatic rings. The summed E-state index contributed by atoms with van der Waals surface area (Å²) >= 11 is 0. The molecule has 0 radical (unpaired) electrons. The van der Waals surface area contributed by atoms with Crippen molar-refractivity contribution in [3.63, 3.8) is 0 Å². The topological polar surface area (TPSA) is 96.0 Å². The van der Waals surface area contributed by atoms with Crippen LogP contribution >= 0.6 is 0 Å². The smallest absolute Gasteiger partial charge is 0.308 e. The van der Waals surface area contributed by atoms with Gasteiger partial charge in [-0.1, -0.05) is 13.0 Å². The quantitative estimate of drug-likeness (QED) is 0.536. The predicted molar refractivity (Wildman–Crippen MR) is 109 cm³/mol. The number of ketones is 1. The van der Waals surface area contributed by atoms with E-state index in [2.05, 4.69) is 6.92 Å². The number of fused-ring (bicyclic) bond motifs is 5.